The van der Waals surface area contributed by atoms with Gasteiger partial charge in [-0.2, -0.15) is 0 Å². The van der Waals surface area contributed by atoms with Gasteiger partial charge in [0.15, 0.2) is 12.4 Å². The summed E-state index contributed by atoms with van der Waals surface area (Å²) < 4.78 is 57.7. The van der Waals surface area contributed by atoms with Crippen LogP contribution in [0.4, 0.5) is 9.18 Å². The summed E-state index contributed by atoms with van der Waals surface area (Å²) in [5.41, 5.74) is -5.63. The van der Waals surface area contributed by atoms with Gasteiger partial charge in [0.2, 0.25) is 0 Å². The van der Waals surface area contributed by atoms with Crippen molar-refractivity contribution in [2.24, 2.45) is 16.7 Å². The second-order valence-corrected chi connectivity index (χ2v) is 19.7. The van der Waals surface area contributed by atoms with E-state index in [0.717, 1.165) is 12.3 Å². The molecular weight excluding hydrogens is 1050 g/mol. The standard InChI is InChI=1S/C46H60FN3O13.Ac/c1-25-29(59-40(53)34(51)33(28-14-13-27(47)22-48-28)49-41(54)63-42(2,3)4)21-46(56)38(62-39(52)26-11-9-8-10-12-26)36-44(7,16-15-30-45(36,55)24-58-30)37-35(32(25)43(46,5)6)60-31(61-37)23-50-17-19-57-20-18-50;/h8-14,22,29-31,33-38,51,55-56H,15-21,23-24H2,1-7H3,(H,49,54);/t29-,30+,31+,33-,34+,35+,36-,37+,38-,44+,45-,46+;/m0./s1. The molecule has 1 amide bonds. The molecule has 1 radical (unpaired) electrons. The van der Waals surface area contributed by atoms with Crippen LogP contribution in [0.25, 0.3) is 0 Å². The summed E-state index contributed by atoms with van der Waals surface area (Å²) in [7, 11) is 0. The van der Waals surface area contributed by atoms with E-state index in [1.165, 1.54) is 6.07 Å². The number of nitrogens with zero attached hydrogens (tertiary/aromatic N) is 2. The van der Waals surface area contributed by atoms with Crippen molar-refractivity contribution in [2.45, 2.75) is 133 Å². The van der Waals surface area contributed by atoms with E-state index in [1.807, 2.05) is 20.8 Å². The molecule has 1 aromatic carbocycles. The Morgan fingerprint density at radius 3 is 2.36 bits per heavy atom. The zero-order valence-corrected chi connectivity index (χ0v) is 42.2. The maximum absolute atomic E-state index is 14.3. The Kier molecular flexibility index (Phi) is 14.2. The number of nitrogens with one attached hydrogen (secondary N) is 1. The van der Waals surface area contributed by atoms with Crippen molar-refractivity contribution in [1.29, 1.82) is 0 Å². The van der Waals surface area contributed by atoms with Crippen LogP contribution in [0.15, 0.2) is 59.8 Å². The number of benzene rings is 1. The Hall–Kier alpha value is -2.63. The molecule has 4 heterocycles. The maximum Gasteiger partial charge on any atom is 0.408 e. The molecule has 2 bridgehead atoms. The fourth-order valence-electron chi connectivity index (χ4n) is 11.0. The van der Waals surface area contributed by atoms with Gasteiger partial charge in [0.25, 0.3) is 0 Å². The van der Waals surface area contributed by atoms with E-state index in [4.69, 9.17) is 33.2 Å². The number of morpholine rings is 1. The number of alkyl carbamates (subject to hydrolysis) is 1. The monoisotopic (exact) mass is 1110 g/mol. The summed E-state index contributed by atoms with van der Waals surface area (Å²) in [4.78, 5) is 47.9. The number of hydrogen-bond acceptors (Lipinski definition) is 15. The molecule has 12 atom stereocenters. The molecule has 2 aromatic rings. The number of aliphatic hydroxyl groups excluding tert-OH is 1. The fraction of sp³-hybridized carbons (Fsp3) is 0.652. The minimum atomic E-state index is -2.11. The van der Waals surface area contributed by atoms with Crippen LogP contribution in [0.3, 0.4) is 0 Å². The first kappa shape index (κ1) is 49.3. The first-order valence-corrected chi connectivity index (χ1v) is 21.8. The van der Waals surface area contributed by atoms with Crippen LogP contribution >= 0.6 is 0 Å². The third kappa shape index (κ3) is 8.95. The van der Waals surface area contributed by atoms with Gasteiger partial charge < -0.3 is 53.8 Å². The van der Waals surface area contributed by atoms with Gasteiger partial charge in [0, 0.05) is 86.9 Å². The number of aromatic nitrogens is 1. The van der Waals surface area contributed by atoms with Gasteiger partial charge in [-0.15, -0.1) is 0 Å². The molecule has 0 spiro atoms. The number of aliphatic hydroxyl groups is 3. The zero-order valence-electron chi connectivity index (χ0n) is 37.5. The summed E-state index contributed by atoms with van der Waals surface area (Å²) in [5.74, 6) is -3.61. The van der Waals surface area contributed by atoms with Crippen molar-refractivity contribution in [3.05, 3.63) is 76.9 Å². The minimum absolute atomic E-state index is 0. The Balaban J connectivity index is 0.00000612. The molecule has 3 aliphatic carbocycles. The first-order valence-electron chi connectivity index (χ1n) is 21.8. The van der Waals surface area contributed by atoms with Gasteiger partial charge in [-0.25, -0.2) is 18.8 Å². The van der Waals surface area contributed by atoms with Crippen LogP contribution in [0.5, 0.6) is 0 Å². The molecule has 6 aliphatic rings. The van der Waals surface area contributed by atoms with Crippen LogP contribution in [0, 0.1) is 66.6 Å². The predicted molar refractivity (Wildman–Crippen MR) is 220 cm³/mol. The summed E-state index contributed by atoms with van der Waals surface area (Å²) in [6.45, 7) is 15.1. The number of halogens is 1. The van der Waals surface area contributed by atoms with Gasteiger partial charge in [0.1, 0.15) is 47.0 Å². The normalized spacial score (nSPS) is 35.3. The number of fused-ring (bicyclic) bond motifs is 8. The molecule has 18 heteroatoms. The molecule has 64 heavy (non-hydrogen) atoms. The Morgan fingerprint density at radius 2 is 1.73 bits per heavy atom. The number of pyridine rings is 1. The summed E-state index contributed by atoms with van der Waals surface area (Å²) >= 11 is 0. The molecule has 5 fully saturated rings. The average Bonchev–Trinajstić information content (AvgIpc) is 3.63. The van der Waals surface area contributed by atoms with E-state index in [0.29, 0.717) is 56.8 Å². The Labute approximate surface area is 408 Å². The number of carbonyl (C=O) groups excluding carboxylic acids is 3. The molecular formula is C46H60AcFN3O13. The fourth-order valence-corrected chi connectivity index (χ4v) is 11.0. The zero-order chi connectivity index (χ0) is 45.3. The molecule has 3 saturated heterocycles. The minimum Gasteiger partial charge on any atom is -0.456 e. The van der Waals surface area contributed by atoms with Gasteiger partial charge in [-0.3, -0.25) is 9.88 Å². The molecule has 2 saturated carbocycles. The molecule has 4 N–H and O–H groups in total. The van der Waals surface area contributed by atoms with Crippen LogP contribution in [0.1, 0.15) is 89.8 Å². The van der Waals surface area contributed by atoms with Crippen molar-refractivity contribution < 1.29 is 111 Å². The molecule has 0 unspecified atom stereocenters. The third-order valence-corrected chi connectivity index (χ3v) is 14.3. The molecule has 347 valence electrons. The molecule has 8 rings (SSSR count). The number of hydrogen-bond donors (Lipinski definition) is 4. The van der Waals surface area contributed by atoms with Crippen molar-refractivity contribution in [2.75, 3.05) is 39.5 Å². The van der Waals surface area contributed by atoms with Crippen LogP contribution < -0.4 is 5.32 Å². The number of esters is 2. The summed E-state index contributed by atoms with van der Waals surface area (Å²) in [5, 5.41) is 40.8. The van der Waals surface area contributed by atoms with E-state index in [9.17, 15) is 34.1 Å². The van der Waals surface area contributed by atoms with Crippen LogP contribution in [-0.2, 0) is 38.0 Å². The van der Waals surface area contributed by atoms with Crippen molar-refractivity contribution in [1.82, 2.24) is 15.2 Å². The largest absolute Gasteiger partial charge is 0.456 e. The van der Waals surface area contributed by atoms with Gasteiger partial charge in [-0.05, 0) is 75.9 Å². The quantitative estimate of drug-likeness (QED) is 0.160. The predicted octanol–water partition coefficient (Wildman–Crippen LogP) is 3.76. The molecule has 3 aliphatic heterocycles. The second kappa shape index (κ2) is 18.5. The number of rotatable bonds is 9. The Bertz CT molecular complexity index is 2080. The first-order chi connectivity index (χ1) is 29.7. The van der Waals surface area contributed by atoms with Gasteiger partial charge >= 0.3 is 18.0 Å². The van der Waals surface area contributed by atoms with Crippen LogP contribution in [0.2, 0.25) is 0 Å². The van der Waals surface area contributed by atoms with E-state index >= 15 is 0 Å². The Morgan fingerprint density at radius 1 is 1.03 bits per heavy atom. The third-order valence-electron chi connectivity index (χ3n) is 14.3. The number of amides is 1. The number of carbonyl (C=O) groups is 3. The molecule has 1 aromatic heterocycles. The summed E-state index contributed by atoms with van der Waals surface area (Å²) in [6.07, 6.45) is -7.29. The molecule has 16 nitrogen and oxygen atoms in total. The van der Waals surface area contributed by atoms with Crippen LogP contribution in [-0.4, -0.2) is 142 Å². The van der Waals surface area contributed by atoms with E-state index in [2.05, 4.69) is 15.2 Å². The summed E-state index contributed by atoms with van der Waals surface area (Å²) in [6, 6.07) is 9.09. The van der Waals surface area contributed by atoms with Gasteiger partial charge in [-0.1, -0.05) is 39.0 Å². The van der Waals surface area contributed by atoms with Crippen molar-refractivity contribution >= 4 is 18.0 Å². The second-order valence-electron chi connectivity index (χ2n) is 19.7. The smallest absolute Gasteiger partial charge is 0.408 e. The van der Waals surface area contributed by atoms with Crippen molar-refractivity contribution in [3.8, 4) is 0 Å². The SMILES string of the molecule is CC1=C2[C@H]3O[C@@H](CN4CCOCC4)O[C@H]3[C@]3(C)CC[C@H]4OC[C@@]4(O)[C@H]3[C@H](OC(=O)c3ccccc3)[C@](O)(C[C@@H]1OC(=O)[C@H](O)[C@@H](NC(=O)OC(C)(C)C)c1ccc(F)cn1)C2(C)C.[Ac]. The number of ether oxygens (including phenoxy) is 7. The van der Waals surface area contributed by atoms with E-state index in [-0.39, 0.29) is 68.3 Å². The average molecular weight is 1110 g/mol. The maximum atomic E-state index is 14.3. The van der Waals surface area contributed by atoms with E-state index < -0.39 is 106 Å². The van der Waals surface area contributed by atoms with Crippen molar-refractivity contribution in [3.63, 3.8) is 0 Å². The van der Waals surface area contributed by atoms with Gasteiger partial charge in [0.05, 0.1) is 49.5 Å². The topological polar surface area (TPSA) is 205 Å². The van der Waals surface area contributed by atoms with E-state index in [1.54, 1.807) is 58.0 Å².